The highest BCUT2D eigenvalue weighted by atomic mass is 16.5. The van der Waals surface area contributed by atoms with Crippen molar-refractivity contribution in [3.63, 3.8) is 0 Å². The zero-order chi connectivity index (χ0) is 22.6. The number of piperidine rings is 1. The molecular weight excluding hydrogens is 410 g/mol. The largest absolute Gasteiger partial charge is 0.462 e. The first kappa shape index (κ1) is 21.8. The lowest BCUT2D eigenvalue weighted by Crippen LogP contribution is -2.76. The van der Waals surface area contributed by atoms with Crippen molar-refractivity contribution in [3.8, 4) is 0 Å². The summed E-state index contributed by atoms with van der Waals surface area (Å²) in [4.78, 5) is 14.7. The third-order valence-corrected chi connectivity index (χ3v) is 11.2. The van der Waals surface area contributed by atoms with Crippen LogP contribution in [0.5, 0.6) is 0 Å². The van der Waals surface area contributed by atoms with Crippen molar-refractivity contribution in [1.29, 1.82) is 0 Å². The second-order valence-electron chi connectivity index (χ2n) is 11.8. The second-order valence-corrected chi connectivity index (χ2v) is 11.8. The number of rotatable bonds is 5. The molecule has 0 aromatic rings. The van der Waals surface area contributed by atoms with Gasteiger partial charge in [0, 0.05) is 68.7 Å². The average molecular weight is 450 g/mol. The van der Waals surface area contributed by atoms with Crippen molar-refractivity contribution >= 4 is 5.97 Å². The predicted octanol–water partition coefficient (Wildman–Crippen LogP) is 1.45. The number of esters is 1. The van der Waals surface area contributed by atoms with Crippen LogP contribution in [0.1, 0.15) is 46.0 Å². The van der Waals surface area contributed by atoms with Gasteiger partial charge in [0.05, 0.1) is 24.4 Å². The minimum absolute atomic E-state index is 0.0138. The predicted molar refractivity (Wildman–Crippen MR) is 116 cm³/mol. The van der Waals surface area contributed by atoms with E-state index in [4.69, 9.17) is 14.2 Å². The molecule has 6 rings (SSSR count). The van der Waals surface area contributed by atoms with Gasteiger partial charge in [0.2, 0.25) is 0 Å². The molecule has 0 aromatic heterocycles. The van der Waals surface area contributed by atoms with E-state index in [2.05, 4.69) is 11.8 Å². The highest BCUT2D eigenvalue weighted by molar-refractivity contribution is 5.66. The lowest BCUT2D eigenvalue weighted by molar-refractivity contribution is -0.274. The highest BCUT2D eigenvalue weighted by Crippen LogP contribution is 2.79. The van der Waals surface area contributed by atoms with E-state index in [9.17, 15) is 15.0 Å². The fraction of sp³-hybridized carbons (Fsp3) is 0.960. The fourth-order valence-electron chi connectivity index (χ4n) is 10.7. The van der Waals surface area contributed by atoms with E-state index in [0.717, 1.165) is 38.8 Å². The number of fused-ring (bicyclic) bond motifs is 2. The number of hydrogen-bond acceptors (Lipinski definition) is 7. The Morgan fingerprint density at radius 3 is 2.66 bits per heavy atom. The maximum Gasteiger partial charge on any atom is 0.302 e. The van der Waals surface area contributed by atoms with Gasteiger partial charge in [-0.1, -0.05) is 6.92 Å². The molecule has 0 amide bonds. The van der Waals surface area contributed by atoms with Crippen LogP contribution in [-0.4, -0.2) is 85.0 Å². The number of aliphatic hydroxyl groups excluding tert-OH is 1. The van der Waals surface area contributed by atoms with E-state index < -0.39 is 11.7 Å². The van der Waals surface area contributed by atoms with Crippen LogP contribution in [0.25, 0.3) is 0 Å². The molecule has 7 nitrogen and oxygen atoms in total. The zero-order valence-electron chi connectivity index (χ0n) is 19.8. The number of carbonyl (C=O) groups excluding carboxylic acids is 1. The second kappa shape index (κ2) is 6.91. The Bertz CT molecular complexity index is 807. The summed E-state index contributed by atoms with van der Waals surface area (Å²) in [5.41, 5.74) is -1.20. The van der Waals surface area contributed by atoms with Gasteiger partial charge in [-0.25, -0.2) is 0 Å². The van der Waals surface area contributed by atoms with Crippen LogP contribution >= 0.6 is 0 Å². The third kappa shape index (κ3) is 2.28. The summed E-state index contributed by atoms with van der Waals surface area (Å²) in [6.45, 7) is 6.27. The normalized spacial score (nSPS) is 57.5. The van der Waals surface area contributed by atoms with Gasteiger partial charge >= 0.3 is 5.97 Å². The number of methoxy groups -OCH3 is 2. The van der Waals surface area contributed by atoms with Gasteiger partial charge in [0.15, 0.2) is 0 Å². The number of aliphatic hydroxyl groups is 2. The molecule has 1 saturated heterocycles. The quantitative estimate of drug-likeness (QED) is 0.614. The standard InChI is InChI=1S/C25H39NO6/c1-5-26-11-23(12-30-3)7-6-19(28)25-15-8-14-17(31-4)10-24(29,16(22(25)26)9-18(23)25)20(15)21(14)32-13(2)27/h14-22,28-29H,5-12H2,1-4H3/t14?,15?,16?,17?,18-,19?,20?,21?,22-,23+,24+,25?/m1/s1. The smallest absolute Gasteiger partial charge is 0.302 e. The Labute approximate surface area is 190 Å². The van der Waals surface area contributed by atoms with Crippen molar-refractivity contribution in [2.24, 2.45) is 40.4 Å². The molecule has 7 bridgehead atoms. The van der Waals surface area contributed by atoms with Crippen molar-refractivity contribution in [1.82, 2.24) is 4.90 Å². The molecule has 7 heteroatoms. The molecule has 2 N–H and O–H groups in total. The number of nitrogens with zero attached hydrogens (tertiary/aromatic N) is 1. The molecule has 1 heterocycles. The van der Waals surface area contributed by atoms with Gasteiger partial charge in [-0.05, 0) is 44.1 Å². The SMILES string of the molecule is CCN1C[C@]2(COC)CCC(O)C34C5CC6C(OC)C[C@@](O)(C5C6OC(C)=O)C(C[C@@H]32)[C@@H]14. The van der Waals surface area contributed by atoms with E-state index in [1.54, 1.807) is 14.2 Å². The van der Waals surface area contributed by atoms with Crippen LogP contribution in [0, 0.1) is 40.4 Å². The van der Waals surface area contributed by atoms with Crippen molar-refractivity contribution < 1.29 is 29.2 Å². The Balaban J connectivity index is 1.56. The maximum absolute atomic E-state index is 12.5. The molecule has 6 aliphatic rings. The van der Waals surface area contributed by atoms with E-state index in [0.29, 0.717) is 18.9 Å². The van der Waals surface area contributed by atoms with Crippen LogP contribution in [0.2, 0.25) is 0 Å². The minimum atomic E-state index is -0.942. The van der Waals surface area contributed by atoms with E-state index in [1.807, 2.05) is 0 Å². The molecule has 1 aliphatic heterocycles. The molecular formula is C25H39NO6. The third-order valence-electron chi connectivity index (χ3n) is 11.2. The number of carbonyl (C=O) groups is 1. The first-order valence-electron chi connectivity index (χ1n) is 12.6. The van der Waals surface area contributed by atoms with Gasteiger partial charge in [0.1, 0.15) is 6.10 Å². The summed E-state index contributed by atoms with van der Waals surface area (Å²) < 4.78 is 17.7. The monoisotopic (exact) mass is 449 g/mol. The molecule has 32 heavy (non-hydrogen) atoms. The molecule has 5 aliphatic carbocycles. The number of ether oxygens (including phenoxy) is 3. The molecule has 5 saturated carbocycles. The Hall–Kier alpha value is -0.730. The van der Waals surface area contributed by atoms with Crippen molar-refractivity contribution in [2.75, 3.05) is 33.9 Å². The molecule has 1 spiro atoms. The molecule has 0 aromatic carbocycles. The van der Waals surface area contributed by atoms with Gasteiger partial charge < -0.3 is 24.4 Å². The zero-order valence-corrected chi connectivity index (χ0v) is 19.8. The van der Waals surface area contributed by atoms with Crippen LogP contribution in [0.4, 0.5) is 0 Å². The molecule has 6 fully saturated rings. The summed E-state index contributed by atoms with van der Waals surface area (Å²) >= 11 is 0. The molecule has 8 unspecified atom stereocenters. The average Bonchev–Trinajstić information content (AvgIpc) is 3.20. The molecule has 0 radical (unpaired) electrons. The topological polar surface area (TPSA) is 88.5 Å². The van der Waals surface area contributed by atoms with Gasteiger partial charge in [-0.15, -0.1) is 0 Å². The molecule has 180 valence electrons. The van der Waals surface area contributed by atoms with Crippen LogP contribution in [0.3, 0.4) is 0 Å². The lowest BCUT2D eigenvalue weighted by atomic mass is 9.43. The first-order chi connectivity index (χ1) is 15.3. The highest BCUT2D eigenvalue weighted by Gasteiger charge is 2.83. The Morgan fingerprint density at radius 2 is 2.00 bits per heavy atom. The Kier molecular flexibility index (Phi) is 4.70. The number of hydrogen-bond donors (Lipinski definition) is 2. The summed E-state index contributed by atoms with van der Waals surface area (Å²) in [6.07, 6.45) is 3.27. The van der Waals surface area contributed by atoms with Gasteiger partial charge in [0.25, 0.3) is 0 Å². The lowest BCUT2D eigenvalue weighted by Gasteiger charge is -2.69. The minimum Gasteiger partial charge on any atom is -0.462 e. The maximum atomic E-state index is 12.5. The summed E-state index contributed by atoms with van der Waals surface area (Å²) in [5.74, 6) is 0.164. The fourth-order valence-corrected chi connectivity index (χ4v) is 10.7. The van der Waals surface area contributed by atoms with Crippen molar-refractivity contribution in [2.45, 2.75) is 75.9 Å². The van der Waals surface area contributed by atoms with E-state index >= 15 is 0 Å². The summed E-state index contributed by atoms with van der Waals surface area (Å²) in [6, 6.07) is 0.163. The summed E-state index contributed by atoms with van der Waals surface area (Å²) in [7, 11) is 3.51. The van der Waals surface area contributed by atoms with Crippen LogP contribution < -0.4 is 0 Å². The molecule has 12 atom stereocenters. The summed E-state index contributed by atoms with van der Waals surface area (Å²) in [5, 5.41) is 24.4. The van der Waals surface area contributed by atoms with Crippen LogP contribution in [-0.2, 0) is 19.0 Å². The van der Waals surface area contributed by atoms with Gasteiger partial charge in [-0.3, -0.25) is 9.69 Å². The number of likely N-dealkylation sites (tertiary alicyclic amines) is 1. The van der Waals surface area contributed by atoms with E-state index in [1.165, 1.54) is 6.92 Å². The Morgan fingerprint density at radius 1 is 1.22 bits per heavy atom. The van der Waals surface area contributed by atoms with Crippen LogP contribution in [0.15, 0.2) is 0 Å². The van der Waals surface area contributed by atoms with E-state index in [-0.39, 0.29) is 58.7 Å². The van der Waals surface area contributed by atoms with Crippen molar-refractivity contribution in [3.05, 3.63) is 0 Å². The first-order valence-corrected chi connectivity index (χ1v) is 12.6. The van der Waals surface area contributed by atoms with Gasteiger partial charge in [-0.2, -0.15) is 0 Å².